The first-order valence-corrected chi connectivity index (χ1v) is 7.08. The number of aromatic nitrogens is 1. The van der Waals surface area contributed by atoms with E-state index in [1.54, 1.807) is 18.2 Å². The molecule has 6 heteroatoms. The number of carboxylic acids is 1. The van der Waals surface area contributed by atoms with Crippen LogP contribution in [0.15, 0.2) is 48.5 Å². The van der Waals surface area contributed by atoms with E-state index < -0.39 is 17.7 Å². The zero-order valence-electron chi connectivity index (χ0n) is 12.6. The molecule has 0 aliphatic carbocycles. The first-order chi connectivity index (χ1) is 11.3. The standard InChI is InChI=1S/C18H12F3NO2/c1-10-5-6-15-13(7-10)14(17(23)24)9-16(22-15)11-3-2-4-12(8-11)18(19,20)21/h2-9H,1H3,(H,23,24). The Labute approximate surface area is 135 Å². The van der Waals surface area contributed by atoms with Crippen molar-refractivity contribution in [3.05, 3.63) is 65.2 Å². The van der Waals surface area contributed by atoms with Gasteiger partial charge in [-0.1, -0.05) is 23.8 Å². The van der Waals surface area contributed by atoms with Gasteiger partial charge in [0.15, 0.2) is 0 Å². The molecule has 0 aliphatic heterocycles. The van der Waals surface area contributed by atoms with Crippen molar-refractivity contribution in [2.24, 2.45) is 0 Å². The average Bonchev–Trinajstić information content (AvgIpc) is 2.53. The molecule has 0 radical (unpaired) electrons. The molecule has 122 valence electrons. The molecule has 1 aromatic heterocycles. The normalized spacial score (nSPS) is 11.7. The number of hydrogen-bond acceptors (Lipinski definition) is 2. The molecule has 0 saturated heterocycles. The average molecular weight is 331 g/mol. The van der Waals surface area contributed by atoms with E-state index in [9.17, 15) is 23.1 Å². The van der Waals surface area contributed by atoms with Crippen molar-refractivity contribution in [1.29, 1.82) is 0 Å². The maximum absolute atomic E-state index is 12.9. The molecular formula is C18H12F3NO2. The van der Waals surface area contributed by atoms with Crippen LogP contribution in [0.4, 0.5) is 13.2 Å². The SMILES string of the molecule is Cc1ccc2nc(-c3cccc(C(F)(F)F)c3)cc(C(=O)O)c2c1. The van der Waals surface area contributed by atoms with Crippen molar-refractivity contribution < 1.29 is 23.1 Å². The molecule has 24 heavy (non-hydrogen) atoms. The Bertz CT molecular complexity index is 949. The fourth-order valence-corrected chi connectivity index (χ4v) is 2.52. The van der Waals surface area contributed by atoms with Crippen LogP contribution < -0.4 is 0 Å². The van der Waals surface area contributed by atoms with E-state index in [-0.39, 0.29) is 16.8 Å². The second kappa shape index (κ2) is 5.63. The predicted molar refractivity (Wildman–Crippen MR) is 83.9 cm³/mol. The van der Waals surface area contributed by atoms with E-state index in [2.05, 4.69) is 4.98 Å². The zero-order valence-corrected chi connectivity index (χ0v) is 12.6. The van der Waals surface area contributed by atoms with Crippen LogP contribution in [-0.4, -0.2) is 16.1 Å². The van der Waals surface area contributed by atoms with Crippen molar-refractivity contribution in [3.8, 4) is 11.3 Å². The number of alkyl halides is 3. The Morgan fingerprint density at radius 3 is 2.50 bits per heavy atom. The van der Waals surface area contributed by atoms with E-state index >= 15 is 0 Å². The fraction of sp³-hybridized carbons (Fsp3) is 0.111. The van der Waals surface area contributed by atoms with Gasteiger partial charge in [-0.25, -0.2) is 9.78 Å². The summed E-state index contributed by atoms with van der Waals surface area (Å²) in [5, 5.41) is 9.88. The monoisotopic (exact) mass is 331 g/mol. The number of pyridine rings is 1. The zero-order chi connectivity index (χ0) is 17.5. The van der Waals surface area contributed by atoms with Crippen LogP contribution in [0.1, 0.15) is 21.5 Å². The maximum atomic E-state index is 12.9. The highest BCUT2D eigenvalue weighted by atomic mass is 19.4. The summed E-state index contributed by atoms with van der Waals surface area (Å²) in [6.45, 7) is 1.83. The number of carboxylic acid groups (broad SMARTS) is 1. The highest BCUT2D eigenvalue weighted by molar-refractivity contribution is 6.03. The molecule has 1 N–H and O–H groups in total. The summed E-state index contributed by atoms with van der Waals surface area (Å²) in [6, 6.07) is 11.1. The minimum Gasteiger partial charge on any atom is -0.478 e. The Hall–Kier alpha value is -2.89. The lowest BCUT2D eigenvalue weighted by Gasteiger charge is -2.10. The first-order valence-electron chi connectivity index (χ1n) is 7.08. The molecule has 3 rings (SSSR count). The van der Waals surface area contributed by atoms with E-state index in [0.29, 0.717) is 10.9 Å². The molecule has 3 nitrogen and oxygen atoms in total. The minimum absolute atomic E-state index is 0.0103. The second-order valence-corrected chi connectivity index (χ2v) is 5.46. The van der Waals surface area contributed by atoms with Gasteiger partial charge in [0.2, 0.25) is 0 Å². The highest BCUT2D eigenvalue weighted by Crippen LogP contribution is 2.33. The topological polar surface area (TPSA) is 50.2 Å². The van der Waals surface area contributed by atoms with Gasteiger partial charge in [-0.3, -0.25) is 0 Å². The lowest BCUT2D eigenvalue weighted by molar-refractivity contribution is -0.137. The number of carbonyl (C=O) groups is 1. The Morgan fingerprint density at radius 2 is 1.83 bits per heavy atom. The number of hydrogen-bond donors (Lipinski definition) is 1. The number of benzene rings is 2. The highest BCUT2D eigenvalue weighted by Gasteiger charge is 2.30. The second-order valence-electron chi connectivity index (χ2n) is 5.46. The van der Waals surface area contributed by atoms with Crippen molar-refractivity contribution >= 4 is 16.9 Å². The first kappa shape index (κ1) is 16.0. The maximum Gasteiger partial charge on any atom is 0.416 e. The number of nitrogens with zero attached hydrogens (tertiary/aromatic N) is 1. The van der Waals surface area contributed by atoms with Gasteiger partial charge in [-0.05, 0) is 37.3 Å². The number of rotatable bonds is 2. The smallest absolute Gasteiger partial charge is 0.416 e. The van der Waals surface area contributed by atoms with Gasteiger partial charge >= 0.3 is 12.1 Å². The van der Waals surface area contributed by atoms with Crippen LogP contribution in [0.3, 0.4) is 0 Å². The fourth-order valence-electron chi connectivity index (χ4n) is 2.52. The molecule has 0 aliphatic rings. The molecular weight excluding hydrogens is 319 g/mol. The van der Waals surface area contributed by atoms with Crippen LogP contribution in [0.25, 0.3) is 22.2 Å². The van der Waals surface area contributed by atoms with E-state index in [4.69, 9.17) is 0 Å². The van der Waals surface area contributed by atoms with Crippen molar-refractivity contribution in [2.45, 2.75) is 13.1 Å². The Morgan fingerprint density at radius 1 is 1.08 bits per heavy atom. The Balaban J connectivity index is 2.24. The van der Waals surface area contributed by atoms with Crippen LogP contribution >= 0.6 is 0 Å². The third kappa shape index (κ3) is 2.95. The quantitative estimate of drug-likeness (QED) is 0.724. The summed E-state index contributed by atoms with van der Waals surface area (Å²) < 4.78 is 38.6. The van der Waals surface area contributed by atoms with Crippen LogP contribution in [-0.2, 0) is 6.18 Å². The van der Waals surface area contributed by atoms with Gasteiger partial charge in [0.25, 0.3) is 0 Å². The molecule has 1 heterocycles. The van der Waals surface area contributed by atoms with Gasteiger partial charge in [-0.15, -0.1) is 0 Å². The van der Waals surface area contributed by atoms with Crippen molar-refractivity contribution in [2.75, 3.05) is 0 Å². The minimum atomic E-state index is -4.47. The van der Waals surface area contributed by atoms with E-state index in [0.717, 1.165) is 17.7 Å². The number of aromatic carboxylic acids is 1. The molecule has 0 unspecified atom stereocenters. The molecule has 0 atom stereocenters. The van der Waals surface area contributed by atoms with Gasteiger partial charge < -0.3 is 5.11 Å². The third-order valence-electron chi connectivity index (χ3n) is 3.68. The molecule has 0 spiro atoms. The van der Waals surface area contributed by atoms with Crippen molar-refractivity contribution in [3.63, 3.8) is 0 Å². The molecule has 0 amide bonds. The van der Waals surface area contributed by atoms with Gasteiger partial charge in [-0.2, -0.15) is 13.2 Å². The van der Waals surface area contributed by atoms with Gasteiger partial charge in [0.1, 0.15) is 0 Å². The summed E-state index contributed by atoms with van der Waals surface area (Å²) >= 11 is 0. The summed E-state index contributed by atoms with van der Waals surface area (Å²) in [4.78, 5) is 15.9. The molecule has 0 fully saturated rings. The lowest BCUT2D eigenvalue weighted by Crippen LogP contribution is -2.05. The van der Waals surface area contributed by atoms with Gasteiger partial charge in [0.05, 0.1) is 22.3 Å². The summed E-state index contributed by atoms with van der Waals surface area (Å²) in [7, 11) is 0. The predicted octanol–water partition coefficient (Wildman–Crippen LogP) is 4.93. The summed E-state index contributed by atoms with van der Waals surface area (Å²) in [5.74, 6) is -1.15. The van der Waals surface area contributed by atoms with E-state index in [1.165, 1.54) is 18.2 Å². The lowest BCUT2D eigenvalue weighted by atomic mass is 10.0. The Kier molecular flexibility index (Phi) is 3.75. The van der Waals surface area contributed by atoms with Crippen molar-refractivity contribution in [1.82, 2.24) is 4.98 Å². The largest absolute Gasteiger partial charge is 0.478 e. The molecule has 3 aromatic rings. The molecule has 2 aromatic carbocycles. The number of halogens is 3. The summed E-state index contributed by atoms with van der Waals surface area (Å²) in [5.41, 5.74) is 0.912. The van der Waals surface area contributed by atoms with E-state index in [1.807, 2.05) is 6.92 Å². The third-order valence-corrected chi connectivity index (χ3v) is 3.68. The molecule has 0 bridgehead atoms. The molecule has 0 saturated carbocycles. The number of aryl methyl sites for hydroxylation is 1. The summed E-state index contributed by atoms with van der Waals surface area (Å²) in [6.07, 6.45) is -4.47. The van der Waals surface area contributed by atoms with Gasteiger partial charge in [0, 0.05) is 10.9 Å². The van der Waals surface area contributed by atoms with Crippen LogP contribution in [0.2, 0.25) is 0 Å². The number of fused-ring (bicyclic) bond motifs is 1. The van der Waals surface area contributed by atoms with Crippen LogP contribution in [0.5, 0.6) is 0 Å². The van der Waals surface area contributed by atoms with Crippen LogP contribution in [0, 0.1) is 6.92 Å².